The molecule has 0 bridgehead atoms. The molecule has 2 aromatic carbocycles. The number of aliphatic hydroxyl groups is 1. The number of halogens is 2. The maximum Gasteiger partial charge on any atom is 0.220 e. The number of carbonyl (C=O) groups excluding carboxylic acids is 1. The molecule has 0 aromatic heterocycles. The molecule has 1 unspecified atom stereocenters. The van der Waals surface area contributed by atoms with E-state index in [0.29, 0.717) is 12.2 Å². The fourth-order valence-corrected chi connectivity index (χ4v) is 2.05. The average molecular weight is 335 g/mol. The Labute approximate surface area is 139 Å². The van der Waals surface area contributed by atoms with Crippen molar-refractivity contribution in [1.82, 2.24) is 5.32 Å². The Bertz CT molecular complexity index is 662. The minimum Gasteiger partial charge on any atom is -0.491 e. The van der Waals surface area contributed by atoms with Gasteiger partial charge < -0.3 is 15.2 Å². The van der Waals surface area contributed by atoms with Gasteiger partial charge in [-0.1, -0.05) is 12.1 Å². The Morgan fingerprint density at radius 2 is 1.88 bits per heavy atom. The fourth-order valence-electron chi connectivity index (χ4n) is 2.05. The summed E-state index contributed by atoms with van der Waals surface area (Å²) in [5.74, 6) is -0.497. The number of aliphatic hydroxyl groups excluding tert-OH is 1. The minimum absolute atomic E-state index is 0.0180. The molecular weight excluding hydrogens is 316 g/mol. The maximum atomic E-state index is 13.0. The van der Waals surface area contributed by atoms with Crippen molar-refractivity contribution in [2.45, 2.75) is 18.9 Å². The van der Waals surface area contributed by atoms with E-state index in [9.17, 15) is 18.7 Å². The van der Waals surface area contributed by atoms with Crippen molar-refractivity contribution >= 4 is 5.91 Å². The highest BCUT2D eigenvalue weighted by atomic mass is 19.1. The van der Waals surface area contributed by atoms with E-state index >= 15 is 0 Å². The first kappa shape index (κ1) is 17.9. The van der Waals surface area contributed by atoms with E-state index in [4.69, 9.17) is 4.74 Å². The van der Waals surface area contributed by atoms with Gasteiger partial charge in [0, 0.05) is 13.0 Å². The van der Waals surface area contributed by atoms with Crippen LogP contribution in [-0.2, 0) is 11.2 Å². The molecule has 0 aliphatic rings. The summed E-state index contributed by atoms with van der Waals surface area (Å²) in [4.78, 5) is 11.7. The Morgan fingerprint density at radius 1 is 1.12 bits per heavy atom. The van der Waals surface area contributed by atoms with E-state index in [1.807, 2.05) is 0 Å². The molecule has 0 radical (unpaired) electrons. The third kappa shape index (κ3) is 6.34. The van der Waals surface area contributed by atoms with Crippen LogP contribution in [0.25, 0.3) is 0 Å². The summed E-state index contributed by atoms with van der Waals surface area (Å²) in [6.45, 7) is 0.0268. The molecule has 4 nitrogen and oxygen atoms in total. The lowest BCUT2D eigenvalue weighted by Gasteiger charge is -2.13. The maximum absolute atomic E-state index is 13.0. The van der Waals surface area contributed by atoms with Crippen LogP contribution in [0, 0.1) is 11.6 Å². The largest absolute Gasteiger partial charge is 0.491 e. The molecule has 0 aliphatic heterocycles. The highest BCUT2D eigenvalue weighted by Crippen LogP contribution is 2.11. The van der Waals surface area contributed by atoms with Crippen LogP contribution >= 0.6 is 0 Å². The van der Waals surface area contributed by atoms with Crippen molar-refractivity contribution in [3.63, 3.8) is 0 Å². The number of aryl methyl sites for hydroxylation is 1. The molecule has 0 fully saturated rings. The van der Waals surface area contributed by atoms with E-state index in [1.165, 1.54) is 36.4 Å². The van der Waals surface area contributed by atoms with Crippen LogP contribution in [0.15, 0.2) is 48.5 Å². The predicted octanol–water partition coefficient (Wildman–Crippen LogP) is 2.45. The molecule has 0 spiro atoms. The van der Waals surface area contributed by atoms with Gasteiger partial charge in [0.25, 0.3) is 0 Å². The normalized spacial score (nSPS) is 11.8. The summed E-state index contributed by atoms with van der Waals surface area (Å²) < 4.78 is 31.1. The summed E-state index contributed by atoms with van der Waals surface area (Å²) in [5, 5.41) is 12.4. The Kier molecular flexibility index (Phi) is 6.69. The molecule has 24 heavy (non-hydrogen) atoms. The van der Waals surface area contributed by atoms with Crippen molar-refractivity contribution in [2.24, 2.45) is 0 Å². The van der Waals surface area contributed by atoms with E-state index in [0.717, 1.165) is 5.56 Å². The molecule has 128 valence electrons. The van der Waals surface area contributed by atoms with E-state index in [-0.39, 0.29) is 37.1 Å². The molecule has 2 aromatic rings. The first-order valence-electron chi connectivity index (χ1n) is 7.60. The molecular formula is C18H19F2NO3. The number of carbonyl (C=O) groups is 1. The van der Waals surface area contributed by atoms with Gasteiger partial charge in [0.15, 0.2) is 0 Å². The van der Waals surface area contributed by atoms with Crippen LogP contribution in [0.1, 0.15) is 12.0 Å². The number of ether oxygens (including phenoxy) is 1. The molecule has 0 saturated carbocycles. The zero-order valence-electron chi connectivity index (χ0n) is 13.0. The van der Waals surface area contributed by atoms with Gasteiger partial charge in [0.2, 0.25) is 5.91 Å². The molecule has 2 N–H and O–H groups in total. The van der Waals surface area contributed by atoms with Crippen LogP contribution in [0.5, 0.6) is 5.75 Å². The van der Waals surface area contributed by atoms with E-state index in [2.05, 4.69) is 5.32 Å². The summed E-state index contributed by atoms with van der Waals surface area (Å²) >= 11 is 0. The molecule has 0 saturated heterocycles. The van der Waals surface area contributed by atoms with E-state index in [1.54, 1.807) is 12.1 Å². The molecule has 1 amide bonds. The number of hydrogen-bond acceptors (Lipinski definition) is 3. The fraction of sp³-hybridized carbons (Fsp3) is 0.278. The Balaban J connectivity index is 1.64. The van der Waals surface area contributed by atoms with Gasteiger partial charge in [-0.15, -0.1) is 0 Å². The van der Waals surface area contributed by atoms with E-state index < -0.39 is 6.10 Å². The second-order valence-corrected chi connectivity index (χ2v) is 5.35. The standard InChI is InChI=1S/C18H19F2NO3/c19-14-5-7-17(8-6-14)24-12-16(22)11-21-18(23)9-4-13-2-1-3-15(20)10-13/h1-3,5-8,10,16,22H,4,9,11-12H2,(H,21,23). The zero-order chi connectivity index (χ0) is 17.4. The Morgan fingerprint density at radius 3 is 2.58 bits per heavy atom. The minimum atomic E-state index is -0.881. The van der Waals surface area contributed by atoms with Gasteiger partial charge in [-0.25, -0.2) is 8.78 Å². The van der Waals surface area contributed by atoms with Gasteiger partial charge in [0.1, 0.15) is 30.1 Å². The molecule has 1 atom stereocenters. The lowest BCUT2D eigenvalue weighted by molar-refractivity contribution is -0.121. The van der Waals surface area contributed by atoms with Crippen LogP contribution < -0.4 is 10.1 Å². The third-order valence-electron chi connectivity index (χ3n) is 3.32. The first-order valence-corrected chi connectivity index (χ1v) is 7.60. The van der Waals surface area contributed by atoms with Crippen LogP contribution in [0.4, 0.5) is 8.78 Å². The van der Waals surface area contributed by atoms with Crippen LogP contribution in [0.2, 0.25) is 0 Å². The quantitative estimate of drug-likeness (QED) is 0.779. The van der Waals surface area contributed by atoms with Crippen molar-refractivity contribution in [3.05, 3.63) is 65.7 Å². The zero-order valence-corrected chi connectivity index (χ0v) is 13.0. The van der Waals surface area contributed by atoms with Gasteiger partial charge in [0.05, 0.1) is 0 Å². The number of benzene rings is 2. The summed E-state index contributed by atoms with van der Waals surface area (Å²) in [5.41, 5.74) is 0.741. The van der Waals surface area contributed by atoms with Crippen molar-refractivity contribution in [2.75, 3.05) is 13.2 Å². The second kappa shape index (κ2) is 8.98. The van der Waals surface area contributed by atoms with Gasteiger partial charge >= 0.3 is 0 Å². The SMILES string of the molecule is O=C(CCc1cccc(F)c1)NCC(O)COc1ccc(F)cc1. The van der Waals surface area contributed by atoms with Crippen molar-refractivity contribution in [3.8, 4) is 5.75 Å². The topological polar surface area (TPSA) is 58.6 Å². The van der Waals surface area contributed by atoms with Crippen molar-refractivity contribution < 1.29 is 23.4 Å². The molecule has 0 heterocycles. The number of rotatable bonds is 8. The Hall–Kier alpha value is -2.47. The summed E-state index contributed by atoms with van der Waals surface area (Å²) in [6.07, 6.45) is -0.256. The third-order valence-corrected chi connectivity index (χ3v) is 3.32. The lowest BCUT2D eigenvalue weighted by atomic mass is 10.1. The highest BCUT2D eigenvalue weighted by molar-refractivity contribution is 5.76. The molecule has 0 aliphatic carbocycles. The second-order valence-electron chi connectivity index (χ2n) is 5.35. The lowest BCUT2D eigenvalue weighted by Crippen LogP contribution is -2.35. The number of hydrogen-bond donors (Lipinski definition) is 2. The predicted molar refractivity (Wildman–Crippen MR) is 85.6 cm³/mol. The van der Waals surface area contributed by atoms with Crippen molar-refractivity contribution in [1.29, 1.82) is 0 Å². The summed E-state index contributed by atoms with van der Waals surface area (Å²) in [7, 11) is 0. The first-order chi connectivity index (χ1) is 11.5. The number of nitrogens with one attached hydrogen (secondary N) is 1. The van der Waals surface area contributed by atoms with Gasteiger partial charge in [-0.3, -0.25) is 4.79 Å². The molecule has 2 rings (SSSR count). The summed E-state index contributed by atoms with van der Waals surface area (Å²) in [6, 6.07) is 11.5. The number of amides is 1. The average Bonchev–Trinajstić information content (AvgIpc) is 2.57. The smallest absolute Gasteiger partial charge is 0.220 e. The van der Waals surface area contributed by atoms with Gasteiger partial charge in [-0.2, -0.15) is 0 Å². The highest BCUT2D eigenvalue weighted by Gasteiger charge is 2.09. The van der Waals surface area contributed by atoms with Crippen LogP contribution in [-0.4, -0.2) is 30.3 Å². The molecule has 6 heteroatoms. The van der Waals surface area contributed by atoms with Crippen LogP contribution in [0.3, 0.4) is 0 Å². The monoisotopic (exact) mass is 335 g/mol. The van der Waals surface area contributed by atoms with Gasteiger partial charge in [-0.05, 0) is 48.4 Å².